The molecule has 0 aromatic carbocycles. The van der Waals surface area contributed by atoms with Gasteiger partial charge in [0.2, 0.25) is 0 Å². The zero-order chi connectivity index (χ0) is 10.9. The Balaban J connectivity index is 2.89. The van der Waals surface area contributed by atoms with Crippen molar-refractivity contribution in [1.29, 1.82) is 0 Å². The fourth-order valence-corrected chi connectivity index (χ4v) is 2.56. The zero-order valence-electron chi connectivity index (χ0n) is 9.79. The Morgan fingerprint density at radius 1 is 1.29 bits per heavy atom. The third-order valence-electron chi connectivity index (χ3n) is 2.53. The van der Waals surface area contributed by atoms with Crippen molar-refractivity contribution >= 4 is 11.3 Å². The van der Waals surface area contributed by atoms with E-state index in [0.717, 1.165) is 0 Å². The molecule has 1 aromatic heterocycles. The minimum atomic E-state index is 0.191. The van der Waals surface area contributed by atoms with Gasteiger partial charge in [0.05, 0.1) is 0 Å². The first-order valence-corrected chi connectivity index (χ1v) is 6.05. The molecular weight excluding hydrogens is 190 g/mol. The fourth-order valence-electron chi connectivity index (χ4n) is 1.25. The average molecular weight is 211 g/mol. The zero-order valence-corrected chi connectivity index (χ0v) is 10.6. The molecule has 0 aliphatic carbocycles. The van der Waals surface area contributed by atoms with Gasteiger partial charge in [-0.25, -0.2) is 0 Å². The third-order valence-corrected chi connectivity index (χ3v) is 3.57. The van der Waals surface area contributed by atoms with Crippen molar-refractivity contribution < 1.29 is 0 Å². The Labute approximate surface area is 91.3 Å². The highest BCUT2D eigenvalue weighted by molar-refractivity contribution is 7.10. The van der Waals surface area contributed by atoms with Gasteiger partial charge in [0.1, 0.15) is 0 Å². The summed E-state index contributed by atoms with van der Waals surface area (Å²) in [5, 5.41) is 2.23. The van der Waals surface area contributed by atoms with Crippen LogP contribution >= 0.6 is 11.3 Å². The molecule has 1 heterocycles. The molecule has 0 bridgehead atoms. The maximum absolute atomic E-state index is 6.10. The molecule has 0 radical (unpaired) electrons. The molecule has 80 valence electrons. The van der Waals surface area contributed by atoms with Crippen LogP contribution in [-0.2, 0) is 5.41 Å². The monoisotopic (exact) mass is 211 g/mol. The molecule has 0 saturated heterocycles. The summed E-state index contributed by atoms with van der Waals surface area (Å²) in [5.41, 5.74) is 7.74. The number of thiophene rings is 1. The molecule has 1 nitrogen and oxygen atoms in total. The fraction of sp³-hybridized carbons (Fsp3) is 0.667. The predicted octanol–water partition coefficient (Wildman–Crippen LogP) is 3.70. The van der Waals surface area contributed by atoms with Gasteiger partial charge >= 0.3 is 0 Å². The summed E-state index contributed by atoms with van der Waals surface area (Å²) in [6.07, 6.45) is 0. The van der Waals surface area contributed by atoms with Gasteiger partial charge in [0.15, 0.2) is 0 Å². The molecule has 1 aromatic rings. The largest absolute Gasteiger partial charge is 0.323 e. The first kappa shape index (κ1) is 11.7. The Bertz CT molecular complexity index is 294. The second kappa shape index (κ2) is 4.03. The molecule has 0 spiro atoms. The highest BCUT2D eigenvalue weighted by Crippen LogP contribution is 2.31. The lowest BCUT2D eigenvalue weighted by molar-refractivity contribution is 0.519. The van der Waals surface area contributed by atoms with E-state index >= 15 is 0 Å². The smallest absolute Gasteiger partial charge is 0.0413 e. The number of rotatable bonds is 2. The van der Waals surface area contributed by atoms with Gasteiger partial charge in [0, 0.05) is 10.9 Å². The maximum Gasteiger partial charge on any atom is 0.0413 e. The Hall–Kier alpha value is -0.340. The summed E-state index contributed by atoms with van der Waals surface area (Å²) in [6.45, 7) is 11.0. The summed E-state index contributed by atoms with van der Waals surface area (Å²) >= 11 is 1.79. The molecule has 1 atom stereocenters. The van der Waals surface area contributed by atoms with Gasteiger partial charge < -0.3 is 5.73 Å². The van der Waals surface area contributed by atoms with E-state index < -0.39 is 0 Å². The van der Waals surface area contributed by atoms with E-state index in [4.69, 9.17) is 5.73 Å². The third kappa shape index (κ3) is 2.58. The molecule has 2 N–H and O–H groups in total. The van der Waals surface area contributed by atoms with E-state index in [-0.39, 0.29) is 11.5 Å². The summed E-state index contributed by atoms with van der Waals surface area (Å²) < 4.78 is 0. The Kier molecular flexibility index (Phi) is 3.38. The van der Waals surface area contributed by atoms with E-state index in [1.807, 2.05) is 0 Å². The molecule has 14 heavy (non-hydrogen) atoms. The van der Waals surface area contributed by atoms with Crippen LogP contribution in [-0.4, -0.2) is 0 Å². The summed E-state index contributed by atoms with van der Waals surface area (Å²) in [6, 6.07) is 2.45. The van der Waals surface area contributed by atoms with Crippen molar-refractivity contribution in [3.63, 3.8) is 0 Å². The standard InChI is InChI=1S/C12H21NS/c1-8(2)11(13)10-6-9(7-14-10)12(3,4)5/h6-8,11H,13H2,1-5H3. The number of nitrogens with two attached hydrogens (primary N) is 1. The van der Waals surface area contributed by atoms with E-state index in [2.05, 4.69) is 46.1 Å². The average Bonchev–Trinajstić information content (AvgIpc) is 2.49. The molecule has 0 amide bonds. The van der Waals surface area contributed by atoms with Gasteiger partial charge in [0.25, 0.3) is 0 Å². The second-order valence-electron chi connectivity index (χ2n) is 5.26. The summed E-state index contributed by atoms with van der Waals surface area (Å²) in [7, 11) is 0. The van der Waals surface area contributed by atoms with Crippen LogP contribution in [0.15, 0.2) is 11.4 Å². The van der Waals surface area contributed by atoms with Crippen molar-refractivity contribution in [2.24, 2.45) is 11.7 Å². The highest BCUT2D eigenvalue weighted by atomic mass is 32.1. The SMILES string of the molecule is CC(C)C(N)c1cc(C(C)(C)C)cs1. The van der Waals surface area contributed by atoms with E-state index in [1.165, 1.54) is 10.4 Å². The van der Waals surface area contributed by atoms with Crippen LogP contribution in [0.1, 0.15) is 51.1 Å². The summed E-state index contributed by atoms with van der Waals surface area (Å²) in [5.74, 6) is 0.515. The van der Waals surface area contributed by atoms with Crippen LogP contribution in [0, 0.1) is 5.92 Å². The highest BCUT2D eigenvalue weighted by Gasteiger charge is 2.18. The molecule has 0 aliphatic heterocycles. The van der Waals surface area contributed by atoms with E-state index in [0.29, 0.717) is 5.92 Å². The minimum absolute atomic E-state index is 0.191. The van der Waals surface area contributed by atoms with Crippen molar-refractivity contribution in [1.82, 2.24) is 0 Å². The summed E-state index contributed by atoms with van der Waals surface area (Å²) in [4.78, 5) is 1.31. The van der Waals surface area contributed by atoms with Gasteiger partial charge in [-0.1, -0.05) is 34.6 Å². The van der Waals surface area contributed by atoms with Crippen LogP contribution in [0.4, 0.5) is 0 Å². The predicted molar refractivity (Wildman–Crippen MR) is 64.8 cm³/mol. The molecule has 0 fully saturated rings. The van der Waals surface area contributed by atoms with Crippen molar-refractivity contribution in [3.05, 3.63) is 21.9 Å². The van der Waals surface area contributed by atoms with Gasteiger partial charge in [-0.15, -0.1) is 11.3 Å². The number of hydrogen-bond acceptors (Lipinski definition) is 2. The van der Waals surface area contributed by atoms with Gasteiger partial charge in [-0.05, 0) is 28.3 Å². The van der Waals surface area contributed by atoms with Crippen molar-refractivity contribution in [2.75, 3.05) is 0 Å². The van der Waals surface area contributed by atoms with Crippen LogP contribution in [0.3, 0.4) is 0 Å². The molecular formula is C12H21NS. The molecule has 1 rings (SSSR count). The topological polar surface area (TPSA) is 26.0 Å². The minimum Gasteiger partial charge on any atom is -0.323 e. The molecule has 0 aliphatic rings. The van der Waals surface area contributed by atoms with Gasteiger partial charge in [-0.2, -0.15) is 0 Å². The van der Waals surface area contributed by atoms with Crippen LogP contribution in [0.5, 0.6) is 0 Å². The first-order valence-electron chi connectivity index (χ1n) is 5.17. The van der Waals surface area contributed by atoms with E-state index in [9.17, 15) is 0 Å². The van der Waals surface area contributed by atoms with E-state index in [1.54, 1.807) is 11.3 Å². The molecule has 0 saturated carbocycles. The second-order valence-corrected chi connectivity index (χ2v) is 6.20. The van der Waals surface area contributed by atoms with Gasteiger partial charge in [-0.3, -0.25) is 0 Å². The lowest BCUT2D eigenvalue weighted by Crippen LogP contribution is -2.15. The Morgan fingerprint density at radius 2 is 1.86 bits per heavy atom. The molecule has 2 heteroatoms. The van der Waals surface area contributed by atoms with Crippen LogP contribution in [0.2, 0.25) is 0 Å². The quantitative estimate of drug-likeness (QED) is 0.793. The van der Waals surface area contributed by atoms with Crippen molar-refractivity contribution in [3.8, 4) is 0 Å². The first-order chi connectivity index (χ1) is 6.32. The Morgan fingerprint density at radius 3 is 2.21 bits per heavy atom. The maximum atomic E-state index is 6.10. The van der Waals surface area contributed by atoms with Crippen LogP contribution < -0.4 is 5.73 Å². The lowest BCUT2D eigenvalue weighted by atomic mass is 9.88. The normalized spacial score (nSPS) is 14.8. The number of hydrogen-bond donors (Lipinski definition) is 1. The molecule has 1 unspecified atom stereocenters. The van der Waals surface area contributed by atoms with Crippen LogP contribution in [0.25, 0.3) is 0 Å². The van der Waals surface area contributed by atoms with Crippen molar-refractivity contribution in [2.45, 2.75) is 46.1 Å². The lowest BCUT2D eigenvalue weighted by Gasteiger charge is -2.17.